The van der Waals surface area contributed by atoms with Crippen molar-refractivity contribution in [1.29, 1.82) is 0 Å². The van der Waals surface area contributed by atoms with Gasteiger partial charge < -0.3 is 10.1 Å². The Kier molecular flexibility index (Phi) is 5.97. The quantitative estimate of drug-likeness (QED) is 0.482. The number of amides is 1. The van der Waals surface area contributed by atoms with E-state index >= 15 is 0 Å². The van der Waals surface area contributed by atoms with Crippen LogP contribution in [0, 0.1) is 6.92 Å². The first-order valence-electron chi connectivity index (χ1n) is 8.39. The van der Waals surface area contributed by atoms with Crippen LogP contribution in [0.5, 0.6) is 5.75 Å². The van der Waals surface area contributed by atoms with Gasteiger partial charge in [0, 0.05) is 10.5 Å². The van der Waals surface area contributed by atoms with Gasteiger partial charge in [-0.2, -0.15) is 0 Å². The molecular weight excluding hydrogens is 342 g/mol. The molecule has 1 amide bonds. The Bertz CT molecular complexity index is 863. The molecule has 1 N–H and O–H groups in total. The summed E-state index contributed by atoms with van der Waals surface area (Å²) in [6.07, 6.45) is 0. The molecule has 0 fully saturated rings. The number of aryl methyl sites for hydroxylation is 1. The highest BCUT2D eigenvalue weighted by atomic mass is 32.2. The zero-order chi connectivity index (χ0) is 18.4. The van der Waals surface area contributed by atoms with Crippen LogP contribution in [0.4, 0.5) is 0 Å². The Morgan fingerprint density at radius 1 is 0.923 bits per heavy atom. The number of benzene rings is 3. The highest BCUT2D eigenvalue weighted by molar-refractivity contribution is 7.99. The molecule has 1 atom stereocenters. The summed E-state index contributed by atoms with van der Waals surface area (Å²) in [5.74, 6) is 0.704. The molecule has 3 nitrogen and oxygen atoms in total. The minimum absolute atomic E-state index is 0.0903. The second kappa shape index (κ2) is 8.59. The zero-order valence-electron chi connectivity index (χ0n) is 14.8. The lowest BCUT2D eigenvalue weighted by Crippen LogP contribution is -2.26. The standard InChI is InChI=1S/C22H21NO2S/c1-16-8-6-7-11-20(16)26-22(18-12-14-19(25-2)15-13-18)23-21(24)17-9-4-3-5-10-17/h3-15,22H,1-2H3,(H,23,24). The first-order valence-corrected chi connectivity index (χ1v) is 9.27. The molecule has 0 aromatic heterocycles. The molecule has 0 heterocycles. The van der Waals surface area contributed by atoms with Crippen molar-refractivity contribution in [2.75, 3.05) is 7.11 Å². The Morgan fingerprint density at radius 3 is 2.23 bits per heavy atom. The van der Waals surface area contributed by atoms with Gasteiger partial charge in [-0.1, -0.05) is 60.3 Å². The van der Waals surface area contributed by atoms with E-state index < -0.39 is 0 Å². The van der Waals surface area contributed by atoms with Gasteiger partial charge in [-0.25, -0.2) is 0 Å². The highest BCUT2D eigenvalue weighted by Crippen LogP contribution is 2.35. The number of carbonyl (C=O) groups is 1. The van der Waals surface area contributed by atoms with Crippen molar-refractivity contribution in [2.45, 2.75) is 17.2 Å². The lowest BCUT2D eigenvalue weighted by atomic mass is 10.2. The summed E-state index contributed by atoms with van der Waals surface area (Å²) in [5.41, 5.74) is 2.85. The molecule has 0 radical (unpaired) electrons. The van der Waals surface area contributed by atoms with Gasteiger partial charge in [0.1, 0.15) is 11.1 Å². The summed E-state index contributed by atoms with van der Waals surface area (Å²) in [7, 11) is 1.64. The maximum atomic E-state index is 12.7. The molecule has 0 aliphatic rings. The molecule has 4 heteroatoms. The summed E-state index contributed by atoms with van der Waals surface area (Å²) >= 11 is 1.63. The maximum Gasteiger partial charge on any atom is 0.252 e. The number of methoxy groups -OCH3 is 1. The predicted octanol–water partition coefficient (Wildman–Crippen LogP) is 5.22. The summed E-state index contributed by atoms with van der Waals surface area (Å²) in [4.78, 5) is 13.8. The third-order valence-electron chi connectivity index (χ3n) is 4.06. The number of rotatable bonds is 6. The van der Waals surface area contributed by atoms with E-state index in [1.54, 1.807) is 18.9 Å². The molecule has 3 aromatic carbocycles. The van der Waals surface area contributed by atoms with Crippen molar-refractivity contribution in [2.24, 2.45) is 0 Å². The molecule has 26 heavy (non-hydrogen) atoms. The highest BCUT2D eigenvalue weighted by Gasteiger charge is 2.18. The molecule has 3 aromatic rings. The smallest absolute Gasteiger partial charge is 0.252 e. The van der Waals surface area contributed by atoms with Crippen LogP contribution in [0.2, 0.25) is 0 Å². The van der Waals surface area contributed by atoms with Crippen LogP contribution in [0.1, 0.15) is 26.9 Å². The van der Waals surface area contributed by atoms with Crippen LogP contribution >= 0.6 is 11.8 Å². The Balaban J connectivity index is 1.87. The van der Waals surface area contributed by atoms with Crippen molar-refractivity contribution in [3.63, 3.8) is 0 Å². The lowest BCUT2D eigenvalue weighted by molar-refractivity contribution is 0.0949. The van der Waals surface area contributed by atoms with E-state index in [4.69, 9.17) is 4.74 Å². The second-order valence-corrected chi connectivity index (χ2v) is 7.02. The molecule has 0 saturated heterocycles. The molecule has 0 saturated carbocycles. The summed E-state index contributed by atoms with van der Waals surface area (Å²) < 4.78 is 5.24. The van der Waals surface area contributed by atoms with E-state index in [2.05, 4.69) is 24.4 Å². The molecule has 3 rings (SSSR count). The average molecular weight is 363 g/mol. The molecular formula is C22H21NO2S. The average Bonchev–Trinajstić information content (AvgIpc) is 2.70. The molecule has 132 valence electrons. The summed E-state index contributed by atoms with van der Waals surface area (Å²) in [5, 5.41) is 2.95. The predicted molar refractivity (Wildman–Crippen MR) is 107 cm³/mol. The van der Waals surface area contributed by atoms with Crippen LogP contribution in [0.25, 0.3) is 0 Å². The van der Waals surface area contributed by atoms with Crippen molar-refractivity contribution < 1.29 is 9.53 Å². The van der Waals surface area contributed by atoms with Crippen LogP contribution in [0.15, 0.2) is 83.8 Å². The SMILES string of the molecule is COc1ccc(C(NC(=O)c2ccccc2)Sc2ccccc2C)cc1. The van der Waals surface area contributed by atoms with Gasteiger partial charge in [0.2, 0.25) is 0 Å². The number of thioether (sulfide) groups is 1. The van der Waals surface area contributed by atoms with E-state index in [9.17, 15) is 4.79 Å². The molecule has 0 bridgehead atoms. The van der Waals surface area contributed by atoms with Crippen molar-refractivity contribution in [1.82, 2.24) is 5.32 Å². The largest absolute Gasteiger partial charge is 0.497 e. The van der Waals surface area contributed by atoms with Gasteiger partial charge >= 0.3 is 0 Å². The van der Waals surface area contributed by atoms with E-state index in [1.165, 1.54) is 5.56 Å². The van der Waals surface area contributed by atoms with E-state index in [1.807, 2.05) is 66.7 Å². The zero-order valence-corrected chi connectivity index (χ0v) is 15.6. The first kappa shape index (κ1) is 18.1. The number of hydrogen-bond acceptors (Lipinski definition) is 3. The molecule has 0 aliphatic carbocycles. The third kappa shape index (κ3) is 4.46. The van der Waals surface area contributed by atoms with Crippen molar-refractivity contribution in [3.05, 3.63) is 95.6 Å². The third-order valence-corrected chi connectivity index (χ3v) is 5.39. The number of nitrogens with one attached hydrogen (secondary N) is 1. The monoisotopic (exact) mass is 363 g/mol. The van der Waals surface area contributed by atoms with Crippen LogP contribution in [0.3, 0.4) is 0 Å². The van der Waals surface area contributed by atoms with E-state index in [0.29, 0.717) is 5.56 Å². The molecule has 0 spiro atoms. The van der Waals surface area contributed by atoms with E-state index in [0.717, 1.165) is 16.2 Å². The fourth-order valence-corrected chi connectivity index (χ4v) is 3.69. The van der Waals surface area contributed by atoms with Crippen LogP contribution in [-0.4, -0.2) is 13.0 Å². The second-order valence-electron chi connectivity index (χ2n) is 5.88. The maximum absolute atomic E-state index is 12.7. The molecule has 0 aliphatic heterocycles. The number of carbonyl (C=O) groups excluding carboxylic acids is 1. The van der Waals surface area contributed by atoms with Crippen LogP contribution in [-0.2, 0) is 0 Å². The van der Waals surface area contributed by atoms with Crippen LogP contribution < -0.4 is 10.1 Å². The normalized spacial score (nSPS) is 11.6. The summed E-state index contributed by atoms with van der Waals surface area (Å²) in [6, 6.07) is 25.3. The van der Waals surface area contributed by atoms with Gasteiger partial charge in [-0.15, -0.1) is 0 Å². The van der Waals surface area contributed by atoms with Crippen molar-refractivity contribution >= 4 is 17.7 Å². The Morgan fingerprint density at radius 2 is 1.58 bits per heavy atom. The van der Waals surface area contributed by atoms with Gasteiger partial charge in [-0.3, -0.25) is 4.79 Å². The minimum Gasteiger partial charge on any atom is -0.497 e. The first-order chi connectivity index (χ1) is 12.7. The Hall–Kier alpha value is -2.72. The van der Waals surface area contributed by atoms with Gasteiger partial charge in [0.25, 0.3) is 5.91 Å². The van der Waals surface area contributed by atoms with Gasteiger partial charge in [0.15, 0.2) is 0 Å². The van der Waals surface area contributed by atoms with Gasteiger partial charge in [-0.05, 0) is 48.4 Å². The summed E-state index contributed by atoms with van der Waals surface area (Å²) in [6.45, 7) is 2.08. The van der Waals surface area contributed by atoms with Crippen molar-refractivity contribution in [3.8, 4) is 5.75 Å². The number of ether oxygens (including phenoxy) is 1. The lowest BCUT2D eigenvalue weighted by Gasteiger charge is -2.20. The number of hydrogen-bond donors (Lipinski definition) is 1. The topological polar surface area (TPSA) is 38.3 Å². The van der Waals surface area contributed by atoms with E-state index in [-0.39, 0.29) is 11.3 Å². The fraction of sp³-hybridized carbons (Fsp3) is 0.136. The minimum atomic E-state index is -0.199. The van der Waals surface area contributed by atoms with Gasteiger partial charge in [0.05, 0.1) is 7.11 Å². The molecule has 1 unspecified atom stereocenters. The fourth-order valence-electron chi connectivity index (χ4n) is 2.57. The Labute approximate surface area is 158 Å².